The third-order valence-electron chi connectivity index (χ3n) is 5.88. The lowest BCUT2D eigenvalue weighted by atomic mass is 10.2. The number of imidazole rings is 1. The number of aromatic nitrogens is 4. The molecule has 1 aliphatic heterocycles. The van der Waals surface area contributed by atoms with E-state index in [2.05, 4.69) is 14.9 Å². The Kier molecular flexibility index (Phi) is 5.18. The smallest absolute Gasteiger partial charge is 0.335 e. The molecule has 0 aliphatic carbocycles. The number of aryl methyl sites for hydroxylation is 1. The maximum absolute atomic E-state index is 13.3. The Bertz CT molecular complexity index is 1300. The summed E-state index contributed by atoms with van der Waals surface area (Å²) in [6, 6.07) is 17.2. The van der Waals surface area contributed by atoms with E-state index >= 15 is 0 Å². The molecule has 1 saturated heterocycles. The van der Waals surface area contributed by atoms with Crippen molar-refractivity contribution in [2.75, 3.05) is 31.1 Å². The van der Waals surface area contributed by atoms with Gasteiger partial charge in [0, 0.05) is 38.6 Å². The molecule has 0 saturated carbocycles. The first kappa shape index (κ1) is 20.0. The van der Waals surface area contributed by atoms with Crippen molar-refractivity contribution in [2.24, 2.45) is 0 Å². The Morgan fingerprint density at radius 1 is 0.906 bits per heavy atom. The summed E-state index contributed by atoms with van der Waals surface area (Å²) in [5.41, 5.74) is 2.79. The number of carbonyl (C=O) groups is 1. The van der Waals surface area contributed by atoms with Crippen molar-refractivity contribution in [1.29, 1.82) is 0 Å². The minimum atomic E-state index is -0.261. The highest BCUT2D eigenvalue weighted by Gasteiger charge is 2.24. The second-order valence-electron chi connectivity index (χ2n) is 7.94. The lowest BCUT2D eigenvalue weighted by Gasteiger charge is -2.35. The van der Waals surface area contributed by atoms with Gasteiger partial charge in [-0.1, -0.05) is 23.8 Å². The molecule has 0 atom stereocenters. The van der Waals surface area contributed by atoms with E-state index in [9.17, 15) is 9.59 Å². The zero-order valence-electron chi connectivity index (χ0n) is 17.9. The molecule has 1 amide bonds. The van der Waals surface area contributed by atoms with Crippen molar-refractivity contribution >= 4 is 22.9 Å². The van der Waals surface area contributed by atoms with Crippen molar-refractivity contribution in [1.82, 2.24) is 24.0 Å². The van der Waals surface area contributed by atoms with Crippen molar-refractivity contribution in [3.05, 3.63) is 83.0 Å². The van der Waals surface area contributed by atoms with Gasteiger partial charge in [0.05, 0.1) is 11.2 Å². The van der Waals surface area contributed by atoms with Gasteiger partial charge >= 0.3 is 5.69 Å². The summed E-state index contributed by atoms with van der Waals surface area (Å²) in [5, 5.41) is 0. The van der Waals surface area contributed by atoms with Crippen molar-refractivity contribution in [3.63, 3.8) is 0 Å². The predicted molar refractivity (Wildman–Crippen MR) is 123 cm³/mol. The molecular formula is C24H24N6O2. The van der Waals surface area contributed by atoms with Crippen LogP contribution in [0, 0.1) is 6.92 Å². The average molecular weight is 428 g/mol. The largest absolute Gasteiger partial charge is 0.353 e. The van der Waals surface area contributed by atoms with E-state index in [1.165, 1.54) is 4.57 Å². The highest BCUT2D eigenvalue weighted by Crippen LogP contribution is 2.17. The molecule has 0 spiro atoms. The molecule has 0 bridgehead atoms. The number of rotatable bonds is 4. The first-order chi connectivity index (χ1) is 15.6. The molecule has 1 aliphatic rings. The van der Waals surface area contributed by atoms with Crippen LogP contribution in [0.5, 0.6) is 0 Å². The zero-order chi connectivity index (χ0) is 22.1. The van der Waals surface area contributed by atoms with Crippen LogP contribution < -0.4 is 10.6 Å². The standard InChI is InChI=1S/C24H24N6O2/c1-18-7-9-19(10-8-18)30-23-20(5-4-12-26-23)29(24(30)32)17-22(31)28-15-13-27(14-16-28)21-6-2-3-11-25-21/h2-12H,13-17H2,1H3. The van der Waals surface area contributed by atoms with E-state index in [0.717, 1.165) is 17.1 Å². The van der Waals surface area contributed by atoms with Crippen LogP contribution in [0.2, 0.25) is 0 Å². The van der Waals surface area contributed by atoms with Crippen LogP contribution in [0.4, 0.5) is 5.82 Å². The highest BCUT2D eigenvalue weighted by atomic mass is 16.2. The molecule has 0 unspecified atom stereocenters. The summed E-state index contributed by atoms with van der Waals surface area (Å²) in [7, 11) is 0. The van der Waals surface area contributed by atoms with E-state index in [1.807, 2.05) is 60.4 Å². The molecule has 0 N–H and O–H groups in total. The summed E-state index contributed by atoms with van der Waals surface area (Å²) in [6.45, 7) is 4.61. The quantitative estimate of drug-likeness (QED) is 0.498. The Hall–Kier alpha value is -3.94. The first-order valence-corrected chi connectivity index (χ1v) is 10.7. The summed E-state index contributed by atoms with van der Waals surface area (Å²) in [6.07, 6.45) is 3.44. The van der Waals surface area contributed by atoms with Crippen LogP contribution in [0.3, 0.4) is 0 Å². The molecule has 1 aromatic carbocycles. The minimum Gasteiger partial charge on any atom is -0.353 e. The van der Waals surface area contributed by atoms with Gasteiger partial charge in [0.1, 0.15) is 12.4 Å². The maximum atomic E-state index is 13.3. The number of benzene rings is 1. The van der Waals surface area contributed by atoms with Gasteiger partial charge in [0.2, 0.25) is 5.91 Å². The molecule has 162 valence electrons. The van der Waals surface area contributed by atoms with Crippen LogP contribution in [-0.2, 0) is 11.3 Å². The lowest BCUT2D eigenvalue weighted by Crippen LogP contribution is -2.50. The Morgan fingerprint density at radius 3 is 2.38 bits per heavy atom. The fourth-order valence-corrected chi connectivity index (χ4v) is 4.13. The number of fused-ring (bicyclic) bond motifs is 1. The second-order valence-corrected chi connectivity index (χ2v) is 7.94. The third kappa shape index (κ3) is 3.64. The fraction of sp³-hybridized carbons (Fsp3) is 0.250. The van der Waals surface area contributed by atoms with Crippen LogP contribution in [0.25, 0.3) is 16.9 Å². The van der Waals surface area contributed by atoms with Crippen molar-refractivity contribution in [3.8, 4) is 5.69 Å². The van der Waals surface area contributed by atoms with Gasteiger partial charge in [0.25, 0.3) is 0 Å². The van der Waals surface area contributed by atoms with E-state index in [-0.39, 0.29) is 18.1 Å². The number of hydrogen-bond acceptors (Lipinski definition) is 5. The molecule has 5 rings (SSSR count). The SMILES string of the molecule is Cc1ccc(-n2c(=O)n(CC(=O)N3CCN(c4ccccn4)CC3)c3cccnc32)cc1. The number of piperazine rings is 1. The van der Waals surface area contributed by atoms with Crippen LogP contribution >= 0.6 is 0 Å². The zero-order valence-corrected chi connectivity index (χ0v) is 17.9. The second kappa shape index (κ2) is 8.30. The number of amides is 1. The summed E-state index contributed by atoms with van der Waals surface area (Å²) in [5.74, 6) is 0.850. The summed E-state index contributed by atoms with van der Waals surface area (Å²) in [4.78, 5) is 39.2. The highest BCUT2D eigenvalue weighted by molar-refractivity contribution is 5.80. The van der Waals surface area contributed by atoms with Crippen LogP contribution in [0.15, 0.2) is 71.8 Å². The predicted octanol–water partition coefficient (Wildman–Crippen LogP) is 2.24. The minimum absolute atomic E-state index is 0.0104. The molecule has 8 heteroatoms. The Morgan fingerprint density at radius 2 is 1.66 bits per heavy atom. The monoisotopic (exact) mass is 428 g/mol. The molecule has 32 heavy (non-hydrogen) atoms. The van der Waals surface area contributed by atoms with Gasteiger partial charge in [-0.05, 0) is 43.3 Å². The Labute approximate surface area is 185 Å². The normalized spacial score (nSPS) is 14.2. The Balaban J connectivity index is 1.39. The summed E-state index contributed by atoms with van der Waals surface area (Å²) >= 11 is 0. The molecule has 4 heterocycles. The van der Waals surface area contributed by atoms with Crippen molar-refractivity contribution in [2.45, 2.75) is 13.5 Å². The number of anilines is 1. The molecule has 4 aromatic rings. The van der Waals surface area contributed by atoms with Gasteiger partial charge in [0.15, 0.2) is 5.65 Å². The van der Waals surface area contributed by atoms with Gasteiger partial charge in [-0.2, -0.15) is 0 Å². The topological polar surface area (TPSA) is 76.3 Å². The lowest BCUT2D eigenvalue weighted by molar-refractivity contribution is -0.132. The van der Waals surface area contributed by atoms with Gasteiger partial charge in [-0.3, -0.25) is 9.36 Å². The van der Waals surface area contributed by atoms with E-state index in [0.29, 0.717) is 37.3 Å². The van der Waals surface area contributed by atoms with E-state index < -0.39 is 0 Å². The molecular weight excluding hydrogens is 404 g/mol. The number of carbonyl (C=O) groups excluding carboxylic acids is 1. The number of nitrogens with zero attached hydrogens (tertiary/aromatic N) is 6. The molecule has 1 fully saturated rings. The summed E-state index contributed by atoms with van der Waals surface area (Å²) < 4.78 is 3.09. The van der Waals surface area contributed by atoms with E-state index in [1.54, 1.807) is 23.0 Å². The maximum Gasteiger partial charge on any atom is 0.335 e. The fourth-order valence-electron chi connectivity index (χ4n) is 4.13. The molecule has 0 radical (unpaired) electrons. The molecule has 3 aromatic heterocycles. The first-order valence-electron chi connectivity index (χ1n) is 10.7. The van der Waals surface area contributed by atoms with Gasteiger partial charge < -0.3 is 9.80 Å². The third-order valence-corrected chi connectivity index (χ3v) is 5.88. The van der Waals surface area contributed by atoms with Crippen LogP contribution in [0.1, 0.15) is 5.56 Å². The number of pyridine rings is 2. The van der Waals surface area contributed by atoms with Gasteiger partial charge in [-0.25, -0.2) is 19.3 Å². The molecule has 8 nitrogen and oxygen atoms in total. The van der Waals surface area contributed by atoms with E-state index in [4.69, 9.17) is 0 Å². The van der Waals surface area contributed by atoms with Crippen LogP contribution in [-0.4, -0.2) is 56.1 Å². The average Bonchev–Trinajstić information content (AvgIpc) is 3.11. The van der Waals surface area contributed by atoms with Crippen molar-refractivity contribution < 1.29 is 4.79 Å². The van der Waals surface area contributed by atoms with Gasteiger partial charge in [-0.15, -0.1) is 0 Å². The number of hydrogen-bond donors (Lipinski definition) is 0.